The van der Waals surface area contributed by atoms with Crippen molar-refractivity contribution < 1.29 is 4.74 Å². The Labute approximate surface area is 124 Å². The number of rotatable bonds is 5. The smallest absolute Gasteiger partial charge is 0.130 e. The molecule has 1 unspecified atom stereocenters. The molecule has 0 fully saturated rings. The zero-order valence-corrected chi connectivity index (χ0v) is 12.7. The summed E-state index contributed by atoms with van der Waals surface area (Å²) in [5, 5.41) is 3.92. The van der Waals surface area contributed by atoms with Gasteiger partial charge in [-0.1, -0.05) is 17.7 Å². The molecule has 106 valence electrons. The van der Waals surface area contributed by atoms with Crippen LogP contribution in [0.15, 0.2) is 36.5 Å². The highest BCUT2D eigenvalue weighted by atomic mass is 35.5. The number of nitrogens with one attached hydrogen (secondary N) is 1. The fourth-order valence-electron chi connectivity index (χ4n) is 1.96. The Kier molecular flexibility index (Phi) is 4.99. The van der Waals surface area contributed by atoms with Crippen LogP contribution in [0.5, 0.6) is 5.75 Å². The first-order valence-electron chi connectivity index (χ1n) is 6.62. The third kappa shape index (κ3) is 3.50. The molecule has 0 aliphatic carbocycles. The zero-order chi connectivity index (χ0) is 14.5. The number of aromatic nitrogens is 1. The predicted octanol–water partition coefficient (Wildman–Crippen LogP) is 3.90. The molecule has 0 aliphatic rings. The number of hydrogen-bond acceptors (Lipinski definition) is 3. The number of halogens is 1. The van der Waals surface area contributed by atoms with Gasteiger partial charge in [-0.15, -0.1) is 0 Å². The van der Waals surface area contributed by atoms with Crippen LogP contribution in [0, 0.1) is 6.92 Å². The van der Waals surface area contributed by atoms with Crippen LogP contribution in [-0.4, -0.2) is 12.0 Å². The van der Waals surface area contributed by atoms with Crippen molar-refractivity contribution in [3.63, 3.8) is 0 Å². The summed E-state index contributed by atoms with van der Waals surface area (Å²) in [5.41, 5.74) is 3.13. The van der Waals surface area contributed by atoms with Gasteiger partial charge in [-0.05, 0) is 50.7 Å². The Bertz CT molecular complexity index is 586. The zero-order valence-electron chi connectivity index (χ0n) is 12.0. The molecule has 0 radical (unpaired) electrons. The van der Waals surface area contributed by atoms with Crippen molar-refractivity contribution >= 4 is 11.6 Å². The maximum atomic E-state index is 6.06. The van der Waals surface area contributed by atoms with Crippen LogP contribution in [0.3, 0.4) is 0 Å². The van der Waals surface area contributed by atoms with Crippen LogP contribution < -0.4 is 10.1 Å². The van der Waals surface area contributed by atoms with Crippen LogP contribution in [0.4, 0.5) is 0 Å². The molecule has 20 heavy (non-hydrogen) atoms. The fourth-order valence-corrected chi connectivity index (χ4v) is 2.14. The average Bonchev–Trinajstić information content (AvgIpc) is 2.46. The maximum Gasteiger partial charge on any atom is 0.130 e. The molecule has 0 saturated heterocycles. The van der Waals surface area contributed by atoms with E-state index in [0.29, 0.717) is 11.6 Å². The monoisotopic (exact) mass is 290 g/mol. The first-order chi connectivity index (χ1) is 9.61. The van der Waals surface area contributed by atoms with Crippen molar-refractivity contribution in [1.82, 2.24) is 10.3 Å². The van der Waals surface area contributed by atoms with E-state index in [-0.39, 0.29) is 6.04 Å². The van der Waals surface area contributed by atoms with Crippen molar-refractivity contribution in [3.8, 4) is 5.75 Å². The molecular weight excluding hydrogens is 272 g/mol. The van der Waals surface area contributed by atoms with E-state index < -0.39 is 0 Å². The van der Waals surface area contributed by atoms with Crippen molar-refractivity contribution in [2.24, 2.45) is 0 Å². The van der Waals surface area contributed by atoms with Crippen LogP contribution >= 0.6 is 11.6 Å². The number of ether oxygens (including phenoxy) is 1. The molecule has 1 aromatic carbocycles. The molecule has 1 atom stereocenters. The van der Waals surface area contributed by atoms with Gasteiger partial charge in [0.25, 0.3) is 0 Å². The number of benzene rings is 1. The number of pyridine rings is 1. The predicted molar refractivity (Wildman–Crippen MR) is 82.2 cm³/mol. The summed E-state index contributed by atoms with van der Waals surface area (Å²) in [6.07, 6.45) is 1.78. The molecule has 2 aromatic rings. The van der Waals surface area contributed by atoms with E-state index in [4.69, 9.17) is 16.3 Å². The van der Waals surface area contributed by atoms with Crippen LogP contribution in [0.1, 0.15) is 29.8 Å². The first-order valence-corrected chi connectivity index (χ1v) is 6.99. The summed E-state index contributed by atoms with van der Waals surface area (Å²) < 4.78 is 5.92. The minimum Gasteiger partial charge on any atom is -0.487 e. The van der Waals surface area contributed by atoms with E-state index in [1.54, 1.807) is 6.20 Å². The van der Waals surface area contributed by atoms with Crippen molar-refractivity contribution in [2.45, 2.75) is 26.5 Å². The minimum absolute atomic E-state index is 0.175. The lowest BCUT2D eigenvalue weighted by atomic mass is 10.1. The maximum absolute atomic E-state index is 6.06. The number of nitrogens with zero attached hydrogens (tertiary/aromatic N) is 1. The molecule has 1 N–H and O–H groups in total. The molecular formula is C16H19ClN2O. The van der Waals surface area contributed by atoms with Gasteiger partial charge in [0.05, 0.1) is 5.69 Å². The lowest BCUT2D eigenvalue weighted by Crippen LogP contribution is -2.14. The van der Waals surface area contributed by atoms with Gasteiger partial charge >= 0.3 is 0 Å². The second-order valence-electron chi connectivity index (χ2n) is 4.75. The molecule has 4 heteroatoms. The lowest BCUT2D eigenvalue weighted by molar-refractivity contribution is 0.295. The second-order valence-corrected chi connectivity index (χ2v) is 5.18. The summed E-state index contributed by atoms with van der Waals surface area (Å²) in [4.78, 5) is 4.34. The van der Waals surface area contributed by atoms with Crippen molar-refractivity contribution in [2.75, 3.05) is 7.05 Å². The molecule has 0 amide bonds. The minimum atomic E-state index is 0.175. The molecule has 0 spiro atoms. The largest absolute Gasteiger partial charge is 0.487 e. The van der Waals surface area contributed by atoms with E-state index in [2.05, 4.69) is 17.2 Å². The van der Waals surface area contributed by atoms with Gasteiger partial charge in [-0.3, -0.25) is 4.98 Å². The SMILES string of the molecule is CNC(C)c1cc(Cl)ccc1OCc1ncccc1C. The standard InChI is InChI=1S/C16H19ClN2O/c1-11-5-4-8-19-15(11)10-20-16-7-6-13(17)9-14(16)12(2)18-3/h4-9,12,18H,10H2,1-3H3. The van der Waals surface area contributed by atoms with Crippen molar-refractivity contribution in [1.29, 1.82) is 0 Å². The van der Waals surface area contributed by atoms with Gasteiger partial charge in [0.2, 0.25) is 0 Å². The van der Waals surface area contributed by atoms with Crippen LogP contribution in [-0.2, 0) is 6.61 Å². The van der Waals surface area contributed by atoms with E-state index >= 15 is 0 Å². The average molecular weight is 291 g/mol. The quantitative estimate of drug-likeness (QED) is 0.907. The van der Waals surface area contributed by atoms with Gasteiger partial charge in [-0.2, -0.15) is 0 Å². The lowest BCUT2D eigenvalue weighted by Gasteiger charge is -2.17. The Morgan fingerprint density at radius 2 is 2.15 bits per heavy atom. The van der Waals surface area contributed by atoms with E-state index in [9.17, 15) is 0 Å². The van der Waals surface area contributed by atoms with Gasteiger partial charge < -0.3 is 10.1 Å². The van der Waals surface area contributed by atoms with E-state index in [0.717, 1.165) is 22.6 Å². The Hall–Kier alpha value is -1.58. The third-order valence-corrected chi connectivity index (χ3v) is 3.59. The summed E-state index contributed by atoms with van der Waals surface area (Å²) in [6, 6.07) is 9.81. The van der Waals surface area contributed by atoms with Gasteiger partial charge in [0.1, 0.15) is 12.4 Å². The molecule has 1 heterocycles. The highest BCUT2D eigenvalue weighted by molar-refractivity contribution is 6.30. The Morgan fingerprint density at radius 1 is 1.35 bits per heavy atom. The number of hydrogen-bond donors (Lipinski definition) is 1. The molecule has 2 rings (SSSR count). The Balaban J connectivity index is 2.19. The molecule has 0 aliphatic heterocycles. The Morgan fingerprint density at radius 3 is 2.85 bits per heavy atom. The fraction of sp³-hybridized carbons (Fsp3) is 0.312. The molecule has 1 aromatic heterocycles. The van der Waals surface area contributed by atoms with Gasteiger partial charge in [-0.25, -0.2) is 0 Å². The summed E-state index contributed by atoms with van der Waals surface area (Å²) in [6.45, 7) is 4.56. The summed E-state index contributed by atoms with van der Waals surface area (Å²) in [5.74, 6) is 0.835. The first kappa shape index (κ1) is 14.8. The van der Waals surface area contributed by atoms with Crippen molar-refractivity contribution in [3.05, 3.63) is 58.4 Å². The molecule has 3 nitrogen and oxygen atoms in total. The molecule has 0 saturated carbocycles. The highest BCUT2D eigenvalue weighted by Crippen LogP contribution is 2.28. The molecule has 0 bridgehead atoms. The van der Waals surface area contributed by atoms with E-state index in [1.165, 1.54) is 0 Å². The van der Waals surface area contributed by atoms with Crippen LogP contribution in [0.2, 0.25) is 5.02 Å². The second kappa shape index (κ2) is 6.73. The third-order valence-electron chi connectivity index (χ3n) is 3.35. The summed E-state index contributed by atoms with van der Waals surface area (Å²) >= 11 is 6.06. The summed E-state index contributed by atoms with van der Waals surface area (Å²) in [7, 11) is 1.91. The van der Waals surface area contributed by atoms with Crippen LogP contribution in [0.25, 0.3) is 0 Å². The highest BCUT2D eigenvalue weighted by Gasteiger charge is 2.11. The van der Waals surface area contributed by atoms with Gasteiger partial charge in [0.15, 0.2) is 0 Å². The topological polar surface area (TPSA) is 34.1 Å². The van der Waals surface area contributed by atoms with E-state index in [1.807, 2.05) is 44.3 Å². The normalized spacial score (nSPS) is 12.2. The van der Waals surface area contributed by atoms with Gasteiger partial charge in [0, 0.05) is 22.8 Å². The number of aryl methyl sites for hydroxylation is 1.